The average Bonchev–Trinajstić information content (AvgIpc) is 2.33. The van der Waals surface area contributed by atoms with Gasteiger partial charge in [0.25, 0.3) is 0 Å². The van der Waals surface area contributed by atoms with Crippen LogP contribution >= 0.6 is 11.6 Å². The number of amides is 1. The summed E-state index contributed by atoms with van der Waals surface area (Å²) >= 11 is 6.19. The maximum absolute atomic E-state index is 11.7. The molecule has 1 rings (SSSR count). The molecule has 0 spiro atoms. The molecule has 1 aromatic rings. The van der Waals surface area contributed by atoms with E-state index in [1.807, 2.05) is 45.0 Å². The number of hydrogen-bond acceptors (Lipinski definition) is 2. The molecule has 1 aromatic carbocycles. The summed E-state index contributed by atoms with van der Waals surface area (Å²) in [6.45, 7) is 9.74. The number of rotatable bonds is 5. The van der Waals surface area contributed by atoms with E-state index in [2.05, 4.69) is 11.9 Å². The Balaban J connectivity index is 2.67. The zero-order chi connectivity index (χ0) is 15.2. The molecular formula is C16H22ClNO2. The Morgan fingerprint density at radius 2 is 2.10 bits per heavy atom. The third-order valence-electron chi connectivity index (χ3n) is 2.69. The van der Waals surface area contributed by atoms with Gasteiger partial charge in [0, 0.05) is 16.5 Å². The molecule has 0 aliphatic heterocycles. The topological polar surface area (TPSA) is 38.3 Å². The Bertz CT molecular complexity index is 466. The van der Waals surface area contributed by atoms with Crippen molar-refractivity contribution in [3.63, 3.8) is 0 Å². The van der Waals surface area contributed by atoms with Crippen LogP contribution in [-0.2, 0) is 4.74 Å². The number of halogens is 1. The van der Waals surface area contributed by atoms with Gasteiger partial charge in [-0.25, -0.2) is 4.79 Å². The van der Waals surface area contributed by atoms with Crippen molar-refractivity contribution in [2.45, 2.75) is 38.6 Å². The van der Waals surface area contributed by atoms with Crippen LogP contribution in [0.3, 0.4) is 0 Å². The first-order valence-corrected chi connectivity index (χ1v) is 7.01. The lowest BCUT2D eigenvalue weighted by Gasteiger charge is -2.22. The van der Waals surface area contributed by atoms with Gasteiger partial charge < -0.3 is 10.1 Å². The monoisotopic (exact) mass is 295 g/mol. The fourth-order valence-electron chi connectivity index (χ4n) is 1.81. The predicted molar refractivity (Wildman–Crippen MR) is 83.2 cm³/mol. The first-order chi connectivity index (χ1) is 9.33. The van der Waals surface area contributed by atoms with E-state index in [0.717, 1.165) is 5.56 Å². The van der Waals surface area contributed by atoms with Gasteiger partial charge in [0.15, 0.2) is 0 Å². The van der Waals surface area contributed by atoms with E-state index < -0.39 is 6.09 Å². The van der Waals surface area contributed by atoms with Crippen LogP contribution in [0.5, 0.6) is 0 Å². The number of hydrogen-bond donors (Lipinski definition) is 1. The second kappa shape index (κ2) is 7.34. The minimum Gasteiger partial charge on any atom is -0.449 e. The number of carbonyl (C=O) groups is 1. The molecule has 4 heteroatoms. The van der Waals surface area contributed by atoms with E-state index in [1.165, 1.54) is 0 Å². The zero-order valence-corrected chi connectivity index (χ0v) is 13.0. The molecular weight excluding hydrogens is 274 g/mol. The van der Waals surface area contributed by atoms with Crippen molar-refractivity contribution in [1.29, 1.82) is 0 Å². The lowest BCUT2D eigenvalue weighted by atomic mass is 9.96. The summed E-state index contributed by atoms with van der Waals surface area (Å²) in [4.78, 5) is 11.7. The molecule has 1 atom stereocenters. The van der Waals surface area contributed by atoms with Crippen molar-refractivity contribution in [2.75, 3.05) is 6.61 Å². The van der Waals surface area contributed by atoms with E-state index in [9.17, 15) is 4.79 Å². The van der Waals surface area contributed by atoms with E-state index in [0.29, 0.717) is 11.4 Å². The van der Waals surface area contributed by atoms with Gasteiger partial charge >= 0.3 is 6.09 Å². The van der Waals surface area contributed by atoms with Crippen molar-refractivity contribution >= 4 is 17.7 Å². The maximum Gasteiger partial charge on any atom is 0.407 e. The minimum absolute atomic E-state index is 0.0203. The van der Waals surface area contributed by atoms with Gasteiger partial charge in [-0.3, -0.25) is 0 Å². The molecule has 1 N–H and O–H groups in total. The second-order valence-corrected chi connectivity index (χ2v) is 6.12. The lowest BCUT2D eigenvalue weighted by molar-refractivity contribution is 0.130. The van der Waals surface area contributed by atoms with Crippen LogP contribution in [-0.4, -0.2) is 18.2 Å². The highest BCUT2D eigenvalue weighted by Gasteiger charge is 2.18. The molecule has 0 saturated heterocycles. The molecule has 20 heavy (non-hydrogen) atoms. The molecule has 3 nitrogen and oxygen atoms in total. The van der Waals surface area contributed by atoms with E-state index in [1.54, 1.807) is 6.08 Å². The van der Waals surface area contributed by atoms with Crippen LogP contribution in [0.1, 0.15) is 38.7 Å². The molecule has 0 fully saturated rings. The molecule has 0 radical (unpaired) electrons. The van der Waals surface area contributed by atoms with Crippen LogP contribution < -0.4 is 5.32 Å². The van der Waals surface area contributed by atoms with Gasteiger partial charge in [0.05, 0.1) is 0 Å². The molecule has 0 heterocycles. The van der Waals surface area contributed by atoms with Crippen molar-refractivity contribution in [1.82, 2.24) is 5.32 Å². The van der Waals surface area contributed by atoms with Gasteiger partial charge in [0.1, 0.15) is 6.61 Å². The van der Waals surface area contributed by atoms with Gasteiger partial charge in [-0.05, 0) is 38.8 Å². The number of nitrogens with one attached hydrogen (secondary N) is 1. The van der Waals surface area contributed by atoms with Crippen molar-refractivity contribution in [2.24, 2.45) is 0 Å². The Hall–Kier alpha value is -1.48. The van der Waals surface area contributed by atoms with Crippen LogP contribution in [0.25, 0.3) is 0 Å². The van der Waals surface area contributed by atoms with Gasteiger partial charge in [-0.15, -0.1) is 6.58 Å². The molecule has 0 saturated carbocycles. The Kier molecular flexibility index (Phi) is 6.08. The largest absolute Gasteiger partial charge is 0.449 e. The van der Waals surface area contributed by atoms with Crippen molar-refractivity contribution in [3.05, 3.63) is 47.5 Å². The number of benzene rings is 1. The normalized spacial score (nSPS) is 12.6. The Morgan fingerprint density at radius 1 is 1.45 bits per heavy atom. The fraction of sp³-hybridized carbons (Fsp3) is 0.438. The quantitative estimate of drug-likeness (QED) is 0.811. The van der Waals surface area contributed by atoms with Crippen LogP contribution in [0.15, 0.2) is 36.9 Å². The highest BCUT2D eigenvalue weighted by atomic mass is 35.5. The molecule has 1 unspecified atom stereocenters. The first kappa shape index (κ1) is 16.6. The molecule has 110 valence electrons. The van der Waals surface area contributed by atoms with Crippen LogP contribution in [0.4, 0.5) is 4.79 Å². The smallest absolute Gasteiger partial charge is 0.407 e. The minimum atomic E-state index is -0.418. The molecule has 0 bridgehead atoms. The van der Waals surface area contributed by atoms with Gasteiger partial charge in [0.2, 0.25) is 0 Å². The molecule has 0 aromatic heterocycles. The summed E-state index contributed by atoms with van der Waals surface area (Å²) in [5.74, 6) is 0.0203. The summed E-state index contributed by atoms with van der Waals surface area (Å²) in [6, 6.07) is 7.58. The number of alkyl carbamates (subject to hydrolysis) is 1. The van der Waals surface area contributed by atoms with Gasteiger partial charge in [-0.1, -0.05) is 35.9 Å². The summed E-state index contributed by atoms with van der Waals surface area (Å²) in [5, 5.41) is 3.44. The second-order valence-electron chi connectivity index (χ2n) is 5.72. The number of carbonyl (C=O) groups excluding carboxylic acids is 1. The third kappa shape index (κ3) is 5.66. The van der Waals surface area contributed by atoms with E-state index in [-0.39, 0.29) is 18.1 Å². The Labute approximate surface area is 126 Å². The summed E-state index contributed by atoms with van der Waals surface area (Å²) < 4.78 is 5.29. The average molecular weight is 296 g/mol. The van der Waals surface area contributed by atoms with Crippen molar-refractivity contribution in [3.8, 4) is 0 Å². The molecule has 0 aliphatic rings. The standard InChI is InChI=1S/C16H22ClNO2/c1-5-8-12(13-9-6-7-10-14(13)17)11-20-15(19)18-16(2,3)4/h5-7,9-10,12H,1,8,11H2,2-4H3,(H,18,19). The maximum atomic E-state index is 11.7. The third-order valence-corrected chi connectivity index (χ3v) is 3.03. The van der Waals surface area contributed by atoms with Crippen LogP contribution in [0, 0.1) is 0 Å². The van der Waals surface area contributed by atoms with E-state index >= 15 is 0 Å². The van der Waals surface area contributed by atoms with Gasteiger partial charge in [-0.2, -0.15) is 0 Å². The Morgan fingerprint density at radius 3 is 2.65 bits per heavy atom. The fourth-order valence-corrected chi connectivity index (χ4v) is 2.10. The van der Waals surface area contributed by atoms with E-state index in [4.69, 9.17) is 16.3 Å². The molecule has 0 aliphatic carbocycles. The number of allylic oxidation sites excluding steroid dienone is 1. The lowest BCUT2D eigenvalue weighted by Crippen LogP contribution is -2.41. The van der Waals surface area contributed by atoms with Crippen molar-refractivity contribution < 1.29 is 9.53 Å². The zero-order valence-electron chi connectivity index (χ0n) is 12.3. The SMILES string of the molecule is C=CCC(COC(=O)NC(C)(C)C)c1ccccc1Cl. The summed E-state index contributed by atoms with van der Waals surface area (Å²) in [7, 11) is 0. The summed E-state index contributed by atoms with van der Waals surface area (Å²) in [6.07, 6.45) is 2.09. The predicted octanol–water partition coefficient (Wildman–Crippen LogP) is 4.52. The number of ether oxygens (including phenoxy) is 1. The highest BCUT2D eigenvalue weighted by molar-refractivity contribution is 6.31. The highest BCUT2D eigenvalue weighted by Crippen LogP contribution is 2.27. The summed E-state index contributed by atoms with van der Waals surface area (Å²) in [5.41, 5.74) is 0.660. The first-order valence-electron chi connectivity index (χ1n) is 6.63. The van der Waals surface area contributed by atoms with Crippen LogP contribution in [0.2, 0.25) is 5.02 Å². The molecule has 1 amide bonds.